The molecule has 0 aromatic heterocycles. The molecule has 0 spiro atoms. The summed E-state index contributed by atoms with van der Waals surface area (Å²) >= 11 is 0. The third-order valence-corrected chi connectivity index (χ3v) is 29.8. The Kier molecular flexibility index (Phi) is 25.5. The van der Waals surface area contributed by atoms with Crippen LogP contribution in [0.4, 0.5) is 0 Å². The van der Waals surface area contributed by atoms with Crippen molar-refractivity contribution in [1.29, 1.82) is 0 Å². The summed E-state index contributed by atoms with van der Waals surface area (Å²) in [6.45, 7) is 10.1. The highest BCUT2D eigenvalue weighted by Crippen LogP contribution is 2.65. The first-order valence-corrected chi connectivity index (χ1v) is 41.5. The average molecular weight is 1190 g/mol. The van der Waals surface area contributed by atoms with Crippen LogP contribution in [0.25, 0.3) is 0 Å². The number of hydrogen-bond acceptors (Lipinski definition) is 4. The Labute approximate surface area is 535 Å². The van der Waals surface area contributed by atoms with Gasteiger partial charge in [-0.25, -0.2) is 0 Å². The monoisotopic (exact) mass is 1190 g/mol. The zero-order chi connectivity index (χ0) is 58.6. The molecule has 86 heavy (non-hydrogen) atoms. The van der Waals surface area contributed by atoms with E-state index in [1.165, 1.54) is 283 Å². The average Bonchev–Trinajstić information content (AvgIpc) is 0.720. The molecule has 0 heterocycles. The summed E-state index contributed by atoms with van der Waals surface area (Å²) < 4.78 is 0. The first-order chi connectivity index (χ1) is 42.4. The van der Waals surface area contributed by atoms with Gasteiger partial charge in [0.2, 0.25) is 0 Å². The molecular weight excluding hydrogens is 1040 g/mol. The molecule has 10 atom stereocenters. The van der Waals surface area contributed by atoms with Gasteiger partial charge in [-0.3, -0.25) is 19.6 Å². The van der Waals surface area contributed by atoms with Crippen molar-refractivity contribution in [1.82, 2.24) is 19.6 Å². The van der Waals surface area contributed by atoms with Gasteiger partial charge in [-0.15, -0.1) is 0 Å². The van der Waals surface area contributed by atoms with Crippen LogP contribution in [0.3, 0.4) is 0 Å². The van der Waals surface area contributed by atoms with Crippen molar-refractivity contribution < 1.29 is 0 Å². The molecule has 0 aromatic rings. The van der Waals surface area contributed by atoms with E-state index in [0.29, 0.717) is 0 Å². The minimum atomic E-state index is 0.832. The fourth-order valence-electron chi connectivity index (χ4n) is 25.5. The molecule has 0 aromatic carbocycles. The van der Waals surface area contributed by atoms with Gasteiger partial charge in [0.15, 0.2) is 0 Å². The van der Waals surface area contributed by atoms with Crippen LogP contribution in [0.15, 0.2) is 0 Å². The van der Waals surface area contributed by atoms with Crippen molar-refractivity contribution in [3.63, 3.8) is 0 Å². The van der Waals surface area contributed by atoms with Crippen LogP contribution >= 0.6 is 0 Å². The molecule has 0 amide bonds. The molecule has 12 saturated carbocycles. The molecule has 12 aliphatic rings. The Balaban J connectivity index is 0.929. The van der Waals surface area contributed by atoms with Crippen molar-refractivity contribution in [2.24, 2.45) is 59.2 Å². The zero-order valence-corrected chi connectivity index (χ0v) is 58.1. The lowest BCUT2D eigenvalue weighted by molar-refractivity contribution is -0.196. The highest BCUT2D eigenvalue weighted by Gasteiger charge is 2.64. The van der Waals surface area contributed by atoms with Gasteiger partial charge < -0.3 is 0 Å². The maximum Gasteiger partial charge on any atom is 0.0147 e. The predicted octanol–water partition coefficient (Wildman–Crippen LogP) is 22.9. The van der Waals surface area contributed by atoms with Gasteiger partial charge in [0.05, 0.1) is 0 Å². The third-order valence-electron chi connectivity index (χ3n) is 29.8. The molecular formula is C82H146N4. The van der Waals surface area contributed by atoms with Crippen molar-refractivity contribution in [2.45, 2.75) is 460 Å². The number of hydrogen-bond donors (Lipinski definition) is 0. The summed E-state index contributed by atoms with van der Waals surface area (Å²) in [4.78, 5) is 14.4. The molecule has 4 heteroatoms. The molecule has 4 nitrogen and oxygen atoms in total. The topological polar surface area (TPSA) is 13.0 Å². The second-order valence-corrected chi connectivity index (χ2v) is 35.0. The molecule has 0 aliphatic heterocycles. The molecule has 0 saturated heterocycles. The molecule has 10 unspecified atom stereocenters. The second-order valence-electron chi connectivity index (χ2n) is 35.0. The van der Waals surface area contributed by atoms with Gasteiger partial charge in [0.1, 0.15) is 0 Å². The van der Waals surface area contributed by atoms with E-state index in [1.807, 2.05) is 0 Å². The second kappa shape index (κ2) is 33.3. The zero-order valence-electron chi connectivity index (χ0n) is 58.1. The summed E-state index contributed by atoms with van der Waals surface area (Å²) in [5.74, 6) is 9.60. The fourth-order valence-corrected chi connectivity index (χ4v) is 25.5. The molecule has 12 fully saturated rings. The van der Waals surface area contributed by atoms with E-state index in [2.05, 4.69) is 47.3 Å². The number of unbranched alkanes of at least 4 members (excludes halogenated alkanes) is 10. The summed E-state index contributed by atoms with van der Waals surface area (Å²) in [5, 5.41) is 0. The standard InChI is InChI=1S/C82H146N4/c1-5-7-9-11-13-19-29-63-43-51-71(52-44-63)85(69-47-39-61(3)40-48-69)79-59-77(83(65-31-21-15-22-32-65)66-33-23-16-24-34-66)73-56-58-76-80(86(70-49-41-62(4)42-50-70)72-53-45-64(46-54-72)30-20-14-12-10-8-6-2)60-78(74-55-57-75(79)81(73)82(74)76)84(67-35-25-17-26-36-67)68-37-27-18-28-38-68/h61-82H,5-60H2,1-4H3. The molecule has 0 radical (unpaired) electrons. The van der Waals surface area contributed by atoms with Crippen molar-refractivity contribution in [2.75, 3.05) is 0 Å². The van der Waals surface area contributed by atoms with Crippen LogP contribution in [0.1, 0.15) is 387 Å². The first-order valence-electron chi connectivity index (χ1n) is 41.5. The largest absolute Gasteiger partial charge is 0.294 e. The summed E-state index contributed by atoms with van der Waals surface area (Å²) in [5.41, 5.74) is 0. The van der Waals surface area contributed by atoms with E-state index in [1.54, 1.807) is 77.0 Å². The highest BCUT2D eigenvalue weighted by atomic mass is 15.3. The Bertz CT molecular complexity index is 1690. The van der Waals surface area contributed by atoms with E-state index in [4.69, 9.17) is 0 Å². The van der Waals surface area contributed by atoms with Crippen molar-refractivity contribution in [3.8, 4) is 0 Å². The van der Waals surface area contributed by atoms with E-state index in [9.17, 15) is 0 Å². The Morgan fingerprint density at radius 3 is 0.733 bits per heavy atom. The molecule has 0 bridgehead atoms. The third kappa shape index (κ3) is 16.0. The van der Waals surface area contributed by atoms with Crippen LogP contribution in [0.2, 0.25) is 0 Å². The van der Waals surface area contributed by atoms with Crippen LogP contribution in [-0.4, -0.2) is 92.1 Å². The smallest absolute Gasteiger partial charge is 0.0147 e. The summed E-state index contributed by atoms with van der Waals surface area (Å²) in [6, 6.07) is 10.2. The normalized spacial score (nSPS) is 40.2. The molecule has 12 aliphatic carbocycles. The molecule has 0 N–H and O–H groups in total. The van der Waals surface area contributed by atoms with Gasteiger partial charge in [-0.2, -0.15) is 0 Å². The fraction of sp³-hybridized carbons (Fsp3) is 1.00. The van der Waals surface area contributed by atoms with Gasteiger partial charge in [0.25, 0.3) is 0 Å². The van der Waals surface area contributed by atoms with E-state index >= 15 is 0 Å². The molecule has 494 valence electrons. The predicted molar refractivity (Wildman–Crippen MR) is 369 cm³/mol. The van der Waals surface area contributed by atoms with Gasteiger partial charge in [0, 0.05) is 72.5 Å². The van der Waals surface area contributed by atoms with E-state index in [-0.39, 0.29) is 0 Å². The van der Waals surface area contributed by atoms with Gasteiger partial charge in [-0.1, -0.05) is 195 Å². The minimum absolute atomic E-state index is 0.832. The van der Waals surface area contributed by atoms with Crippen molar-refractivity contribution in [3.05, 3.63) is 0 Å². The lowest BCUT2D eigenvalue weighted by Gasteiger charge is -2.69. The van der Waals surface area contributed by atoms with Gasteiger partial charge in [-0.05, 0) is 252 Å². The first kappa shape index (κ1) is 65.9. The number of rotatable bonds is 26. The minimum Gasteiger partial charge on any atom is -0.294 e. The Hall–Kier alpha value is -0.160. The number of nitrogens with zero attached hydrogens (tertiary/aromatic N) is 4. The van der Waals surface area contributed by atoms with E-state index < -0.39 is 0 Å². The summed E-state index contributed by atoms with van der Waals surface area (Å²) in [6.07, 6.45) is 85.0. The Morgan fingerprint density at radius 2 is 0.465 bits per heavy atom. The Morgan fingerprint density at radius 1 is 0.233 bits per heavy atom. The molecule has 12 rings (SSSR count). The van der Waals surface area contributed by atoms with E-state index in [0.717, 1.165) is 132 Å². The SMILES string of the molecule is CCCCCCCCC1CCC(N(C2CCC(C)CC2)C2CC(N(C3CCCCC3)C3CCCCC3)C3CCC4C5C(CCC2C35)C(N(C2CCCCC2)C2CCCCC2)CC4N(C2CCC(C)CC2)C2CCC(CCCCCCCC)CC2)CC1. The van der Waals surface area contributed by atoms with Gasteiger partial charge >= 0.3 is 0 Å². The highest BCUT2D eigenvalue weighted by molar-refractivity contribution is 5.17. The van der Waals surface area contributed by atoms with Crippen molar-refractivity contribution >= 4 is 0 Å². The van der Waals surface area contributed by atoms with Crippen LogP contribution in [-0.2, 0) is 0 Å². The lowest BCUT2D eigenvalue weighted by atomic mass is 9.44. The maximum atomic E-state index is 3.62. The summed E-state index contributed by atoms with van der Waals surface area (Å²) in [7, 11) is 0. The quantitative estimate of drug-likeness (QED) is 0.0800. The van der Waals surface area contributed by atoms with Crippen LogP contribution < -0.4 is 0 Å². The lowest BCUT2D eigenvalue weighted by Crippen LogP contribution is -2.72. The maximum absolute atomic E-state index is 3.62. The van der Waals surface area contributed by atoms with Crippen LogP contribution in [0.5, 0.6) is 0 Å². The van der Waals surface area contributed by atoms with Crippen LogP contribution in [0, 0.1) is 59.2 Å².